The second-order valence-electron chi connectivity index (χ2n) is 9.07. The summed E-state index contributed by atoms with van der Waals surface area (Å²) in [7, 11) is -3.23. The summed E-state index contributed by atoms with van der Waals surface area (Å²) >= 11 is 3.45. The van der Waals surface area contributed by atoms with Crippen LogP contribution in [0.1, 0.15) is 38.5 Å². The van der Waals surface area contributed by atoms with Crippen LogP contribution in [0.2, 0.25) is 0 Å². The van der Waals surface area contributed by atoms with Gasteiger partial charge in [0.15, 0.2) is 9.84 Å². The second kappa shape index (κ2) is 6.18. The van der Waals surface area contributed by atoms with Gasteiger partial charge in [0.1, 0.15) is 0 Å². The van der Waals surface area contributed by atoms with Crippen LogP contribution in [0.25, 0.3) is 0 Å². The van der Waals surface area contributed by atoms with Crippen molar-refractivity contribution in [2.45, 2.75) is 44.6 Å². The smallest absolute Gasteiger partial charge is 0.233 e. The highest BCUT2D eigenvalue weighted by Crippen LogP contribution is 2.60. The highest BCUT2D eigenvalue weighted by Gasteiger charge is 2.56. The normalized spacial score (nSPS) is 38.3. The molecule has 0 saturated heterocycles. The lowest BCUT2D eigenvalue weighted by Crippen LogP contribution is -2.57. The van der Waals surface area contributed by atoms with E-state index in [0.29, 0.717) is 17.8 Å². The molecule has 6 rings (SSSR count). The first-order valence-corrected chi connectivity index (χ1v) is 12.3. The molecular weight excluding hydrogens is 426 g/mol. The number of hydrogen-bond acceptors (Lipinski definition) is 3. The Labute approximate surface area is 169 Å². The van der Waals surface area contributed by atoms with E-state index in [1.807, 2.05) is 24.3 Å². The van der Waals surface area contributed by atoms with Crippen molar-refractivity contribution in [2.24, 2.45) is 23.2 Å². The van der Waals surface area contributed by atoms with Crippen LogP contribution in [0.15, 0.2) is 40.2 Å². The van der Waals surface area contributed by atoms with E-state index >= 15 is 0 Å². The van der Waals surface area contributed by atoms with E-state index < -0.39 is 15.9 Å². The minimum absolute atomic E-state index is 0.0127. The molecule has 1 amide bonds. The van der Waals surface area contributed by atoms with Crippen LogP contribution in [-0.2, 0) is 14.6 Å². The first-order chi connectivity index (χ1) is 12.8. The number of anilines is 1. The fraction of sp³-hybridized carbons (Fsp3) is 0.571. The van der Waals surface area contributed by atoms with Gasteiger partial charge in [-0.2, -0.15) is 0 Å². The van der Waals surface area contributed by atoms with E-state index in [-0.39, 0.29) is 17.1 Å². The number of nitrogens with zero attached hydrogens (tertiary/aromatic N) is 1. The monoisotopic (exact) mass is 449 g/mol. The summed E-state index contributed by atoms with van der Waals surface area (Å²) in [5.41, 5.74) is 0.507. The zero-order valence-electron chi connectivity index (χ0n) is 15.2. The van der Waals surface area contributed by atoms with Crippen LogP contribution in [0.4, 0.5) is 5.69 Å². The summed E-state index contributed by atoms with van der Waals surface area (Å²) in [6, 6.07) is 7.27. The molecule has 4 saturated carbocycles. The van der Waals surface area contributed by atoms with Gasteiger partial charge in [-0.15, -0.1) is 0 Å². The second-order valence-corrected chi connectivity index (χ2v) is 11.9. The molecule has 0 aromatic heterocycles. The molecule has 4 nitrogen and oxygen atoms in total. The molecule has 4 bridgehead atoms. The standard InChI is InChI=1S/C21H24BrNO3S/c22-17-1-3-18(4-2-17)23(19-5-6-27(25,26)13-19)20(24)21-10-14-7-15(11-21)9-16(8-14)12-21/h1-6,14-16,19H,7-13H2/t14?,15?,16?,19-,21?/m1/s1. The van der Waals surface area contributed by atoms with Gasteiger partial charge < -0.3 is 4.90 Å². The third kappa shape index (κ3) is 3.09. The Kier molecular flexibility index (Phi) is 4.10. The lowest BCUT2D eigenvalue weighted by Gasteiger charge is -2.57. The number of benzene rings is 1. The third-order valence-electron chi connectivity index (χ3n) is 7.06. The number of halogens is 1. The van der Waals surface area contributed by atoms with Crippen LogP contribution in [-0.4, -0.2) is 26.1 Å². The molecule has 0 N–H and O–H groups in total. The van der Waals surface area contributed by atoms with Gasteiger partial charge in [0.2, 0.25) is 5.91 Å². The zero-order valence-corrected chi connectivity index (χ0v) is 17.6. The molecule has 4 aliphatic carbocycles. The average Bonchev–Trinajstić information content (AvgIpc) is 2.95. The number of amides is 1. The molecule has 5 aliphatic rings. The fourth-order valence-electron chi connectivity index (χ4n) is 6.41. The summed E-state index contributed by atoms with van der Waals surface area (Å²) in [5, 5.41) is 1.27. The van der Waals surface area contributed by atoms with Crippen molar-refractivity contribution >= 4 is 37.4 Å². The topological polar surface area (TPSA) is 54.5 Å². The van der Waals surface area contributed by atoms with E-state index in [2.05, 4.69) is 15.9 Å². The van der Waals surface area contributed by atoms with Gasteiger partial charge in [0, 0.05) is 15.6 Å². The van der Waals surface area contributed by atoms with Crippen molar-refractivity contribution < 1.29 is 13.2 Å². The summed E-state index contributed by atoms with van der Waals surface area (Å²) < 4.78 is 25.1. The first-order valence-electron chi connectivity index (χ1n) is 9.84. The zero-order chi connectivity index (χ0) is 18.8. The molecule has 1 atom stereocenters. The molecule has 0 unspecified atom stereocenters. The Bertz CT molecular complexity index is 871. The van der Waals surface area contributed by atoms with Crippen LogP contribution < -0.4 is 4.90 Å². The number of carbonyl (C=O) groups excluding carboxylic acids is 1. The van der Waals surface area contributed by atoms with Gasteiger partial charge in [0.25, 0.3) is 0 Å². The van der Waals surface area contributed by atoms with Crippen LogP contribution in [0.5, 0.6) is 0 Å². The Morgan fingerprint density at radius 1 is 1.00 bits per heavy atom. The molecule has 1 aromatic rings. The van der Waals surface area contributed by atoms with Crippen molar-refractivity contribution in [2.75, 3.05) is 10.7 Å². The molecule has 1 aromatic carbocycles. The maximum atomic E-state index is 14.0. The predicted molar refractivity (Wildman–Crippen MR) is 109 cm³/mol. The molecule has 0 spiro atoms. The Balaban J connectivity index is 1.53. The molecular formula is C21H24BrNO3S. The molecule has 144 valence electrons. The van der Waals surface area contributed by atoms with Crippen LogP contribution >= 0.6 is 15.9 Å². The maximum Gasteiger partial charge on any atom is 0.233 e. The van der Waals surface area contributed by atoms with Gasteiger partial charge >= 0.3 is 0 Å². The number of hydrogen-bond donors (Lipinski definition) is 0. The molecule has 1 aliphatic heterocycles. The molecule has 4 fully saturated rings. The predicted octanol–water partition coefficient (Wildman–Crippen LogP) is 4.31. The van der Waals surface area contributed by atoms with Crippen molar-refractivity contribution in [3.63, 3.8) is 0 Å². The van der Waals surface area contributed by atoms with Gasteiger partial charge in [-0.05, 0) is 86.6 Å². The van der Waals surface area contributed by atoms with Crippen LogP contribution in [0.3, 0.4) is 0 Å². The van der Waals surface area contributed by atoms with Crippen molar-refractivity contribution in [1.82, 2.24) is 0 Å². The van der Waals surface area contributed by atoms with Gasteiger partial charge in [-0.3, -0.25) is 4.79 Å². The van der Waals surface area contributed by atoms with E-state index in [4.69, 9.17) is 0 Å². The highest BCUT2D eigenvalue weighted by atomic mass is 79.9. The Morgan fingerprint density at radius 3 is 2.04 bits per heavy atom. The van der Waals surface area contributed by atoms with Crippen molar-refractivity contribution in [1.29, 1.82) is 0 Å². The van der Waals surface area contributed by atoms with Gasteiger partial charge in [0.05, 0.1) is 17.2 Å². The largest absolute Gasteiger partial charge is 0.304 e. The molecule has 27 heavy (non-hydrogen) atoms. The van der Waals surface area contributed by atoms with Gasteiger partial charge in [-0.25, -0.2) is 8.42 Å². The van der Waals surface area contributed by atoms with Gasteiger partial charge in [-0.1, -0.05) is 15.9 Å². The summed E-state index contributed by atoms with van der Waals surface area (Å²) in [6.07, 6.45) is 8.47. The molecule has 6 heteroatoms. The summed E-state index contributed by atoms with van der Waals surface area (Å²) in [4.78, 5) is 15.8. The molecule has 1 heterocycles. The number of carbonyl (C=O) groups is 1. The molecule has 0 radical (unpaired) electrons. The quantitative estimate of drug-likeness (QED) is 0.690. The number of rotatable bonds is 3. The lowest BCUT2D eigenvalue weighted by molar-refractivity contribution is -0.143. The number of sulfone groups is 1. The lowest BCUT2D eigenvalue weighted by atomic mass is 9.49. The first kappa shape index (κ1) is 17.9. The Morgan fingerprint density at radius 2 is 1.56 bits per heavy atom. The SMILES string of the molecule is O=C(N(c1ccc(Br)cc1)[C@@H]1C=CS(=O)(=O)C1)C12CC3CC(CC(C3)C1)C2. The van der Waals surface area contributed by atoms with E-state index in [1.165, 1.54) is 24.7 Å². The average molecular weight is 450 g/mol. The highest BCUT2D eigenvalue weighted by molar-refractivity contribution is 9.10. The third-order valence-corrected chi connectivity index (χ3v) is 8.96. The van der Waals surface area contributed by atoms with Crippen molar-refractivity contribution in [3.05, 3.63) is 40.2 Å². The van der Waals surface area contributed by atoms with Crippen molar-refractivity contribution in [3.8, 4) is 0 Å². The Hall–Kier alpha value is -1.14. The van der Waals surface area contributed by atoms with E-state index in [1.54, 1.807) is 11.0 Å². The van der Waals surface area contributed by atoms with E-state index in [9.17, 15) is 13.2 Å². The minimum Gasteiger partial charge on any atom is -0.304 e. The van der Waals surface area contributed by atoms with Crippen LogP contribution in [0, 0.1) is 23.2 Å². The fourth-order valence-corrected chi connectivity index (χ4v) is 7.94. The summed E-state index contributed by atoms with van der Waals surface area (Å²) in [6.45, 7) is 0. The minimum atomic E-state index is -3.23. The summed E-state index contributed by atoms with van der Waals surface area (Å²) in [5.74, 6) is 2.16. The maximum absolute atomic E-state index is 14.0. The van der Waals surface area contributed by atoms with E-state index in [0.717, 1.165) is 29.4 Å².